The summed E-state index contributed by atoms with van der Waals surface area (Å²) in [5.41, 5.74) is 2.92. The number of aliphatic imine (C=N–C) groups is 1. The number of sulfone groups is 1. The molecule has 2 aromatic rings. The van der Waals surface area contributed by atoms with Crippen molar-refractivity contribution in [1.29, 1.82) is 0 Å². The van der Waals surface area contributed by atoms with Crippen molar-refractivity contribution in [1.82, 2.24) is 10.6 Å². The maximum Gasteiger partial charge on any atom is 0.191 e. The van der Waals surface area contributed by atoms with E-state index < -0.39 is 9.84 Å². The summed E-state index contributed by atoms with van der Waals surface area (Å²) < 4.78 is 23.0. The Morgan fingerprint density at radius 3 is 2.30 bits per heavy atom. The zero-order valence-corrected chi connectivity index (χ0v) is 16.6. The molecule has 0 aromatic heterocycles. The van der Waals surface area contributed by atoms with E-state index in [2.05, 4.69) is 15.6 Å². The predicted molar refractivity (Wildman–Crippen MR) is 108 cm³/mol. The second kappa shape index (κ2) is 10.1. The molecule has 0 saturated carbocycles. The van der Waals surface area contributed by atoms with E-state index >= 15 is 0 Å². The highest BCUT2D eigenvalue weighted by Gasteiger charge is 2.06. The minimum atomic E-state index is -3.16. The first-order valence-corrected chi connectivity index (χ1v) is 10.8. The number of aliphatic hydroxyl groups is 1. The molecule has 0 radical (unpaired) electrons. The number of hydrogen-bond acceptors (Lipinski definition) is 4. The number of nitrogens with zero attached hydrogens (tertiary/aromatic N) is 1. The molecule has 0 amide bonds. The molecule has 0 bridgehead atoms. The van der Waals surface area contributed by atoms with Crippen molar-refractivity contribution < 1.29 is 13.5 Å². The van der Waals surface area contributed by atoms with Crippen LogP contribution >= 0.6 is 0 Å². The molecule has 0 fully saturated rings. The van der Waals surface area contributed by atoms with E-state index in [1.807, 2.05) is 43.3 Å². The molecule has 2 rings (SSSR count). The third-order valence-corrected chi connectivity index (χ3v) is 5.23. The molecule has 3 N–H and O–H groups in total. The fourth-order valence-electron chi connectivity index (χ4n) is 2.60. The largest absolute Gasteiger partial charge is 0.392 e. The molecule has 0 heterocycles. The summed E-state index contributed by atoms with van der Waals surface area (Å²) in [5.74, 6) is 0.706. The van der Waals surface area contributed by atoms with Crippen LogP contribution in [0.25, 0.3) is 0 Å². The van der Waals surface area contributed by atoms with Crippen LogP contribution in [-0.4, -0.2) is 38.8 Å². The van der Waals surface area contributed by atoms with Crippen LogP contribution in [0.1, 0.15) is 23.6 Å². The van der Waals surface area contributed by atoms with Crippen LogP contribution in [0.3, 0.4) is 0 Å². The van der Waals surface area contributed by atoms with Gasteiger partial charge in [0.05, 0.1) is 18.0 Å². The Morgan fingerprint density at radius 2 is 1.70 bits per heavy atom. The molecule has 27 heavy (non-hydrogen) atoms. The lowest BCUT2D eigenvalue weighted by Gasteiger charge is -2.12. The van der Waals surface area contributed by atoms with Gasteiger partial charge in [0.25, 0.3) is 0 Å². The monoisotopic (exact) mass is 389 g/mol. The molecule has 0 atom stereocenters. The van der Waals surface area contributed by atoms with Gasteiger partial charge in [0.1, 0.15) is 0 Å². The predicted octanol–water partition coefficient (Wildman–Crippen LogP) is 1.88. The van der Waals surface area contributed by atoms with E-state index in [0.29, 0.717) is 23.9 Å². The fourth-order valence-corrected chi connectivity index (χ4v) is 3.23. The quantitative estimate of drug-likeness (QED) is 0.474. The summed E-state index contributed by atoms with van der Waals surface area (Å²) >= 11 is 0. The third kappa shape index (κ3) is 6.69. The van der Waals surface area contributed by atoms with Gasteiger partial charge in [-0.1, -0.05) is 36.4 Å². The second-order valence-corrected chi connectivity index (χ2v) is 8.23. The van der Waals surface area contributed by atoms with Crippen molar-refractivity contribution in [2.75, 3.05) is 19.3 Å². The Morgan fingerprint density at radius 1 is 1.04 bits per heavy atom. The minimum absolute atomic E-state index is 0.000856. The van der Waals surface area contributed by atoms with Crippen LogP contribution in [0, 0.1) is 0 Å². The molecule has 0 aliphatic rings. The minimum Gasteiger partial charge on any atom is -0.392 e. The SMILES string of the molecule is CCNC(=NCc1ccccc1CO)NCCc1ccc(S(C)(=O)=O)cc1. The molecule has 0 spiro atoms. The highest BCUT2D eigenvalue weighted by Crippen LogP contribution is 2.11. The lowest BCUT2D eigenvalue weighted by Crippen LogP contribution is -2.38. The summed E-state index contributed by atoms with van der Waals surface area (Å²) in [7, 11) is -3.16. The van der Waals surface area contributed by atoms with E-state index in [4.69, 9.17) is 0 Å². The van der Waals surface area contributed by atoms with Gasteiger partial charge in [0, 0.05) is 19.3 Å². The van der Waals surface area contributed by atoms with E-state index in [9.17, 15) is 13.5 Å². The Kier molecular flexibility index (Phi) is 7.82. The topological polar surface area (TPSA) is 90.8 Å². The molecule has 0 aliphatic heterocycles. The normalized spacial score (nSPS) is 12.0. The van der Waals surface area contributed by atoms with E-state index in [-0.39, 0.29) is 6.61 Å². The summed E-state index contributed by atoms with van der Waals surface area (Å²) in [6.07, 6.45) is 1.96. The molecule has 2 aromatic carbocycles. The molecule has 7 heteroatoms. The smallest absolute Gasteiger partial charge is 0.191 e. The van der Waals surface area contributed by atoms with Crippen molar-refractivity contribution in [3.8, 4) is 0 Å². The Balaban J connectivity index is 1.94. The number of hydrogen-bond donors (Lipinski definition) is 3. The van der Waals surface area contributed by atoms with Crippen molar-refractivity contribution in [2.45, 2.75) is 31.4 Å². The van der Waals surface area contributed by atoms with Crippen molar-refractivity contribution in [3.05, 3.63) is 65.2 Å². The highest BCUT2D eigenvalue weighted by molar-refractivity contribution is 7.90. The van der Waals surface area contributed by atoms with Crippen molar-refractivity contribution in [3.63, 3.8) is 0 Å². The van der Waals surface area contributed by atoms with Crippen LogP contribution < -0.4 is 10.6 Å². The molecule has 0 aliphatic carbocycles. The second-order valence-electron chi connectivity index (χ2n) is 6.21. The van der Waals surface area contributed by atoms with Gasteiger partial charge in [-0.25, -0.2) is 13.4 Å². The fraction of sp³-hybridized carbons (Fsp3) is 0.350. The van der Waals surface area contributed by atoms with Gasteiger partial charge in [0.2, 0.25) is 0 Å². The number of nitrogens with one attached hydrogen (secondary N) is 2. The molecule has 6 nitrogen and oxygen atoms in total. The highest BCUT2D eigenvalue weighted by atomic mass is 32.2. The average molecular weight is 390 g/mol. The van der Waals surface area contributed by atoms with E-state index in [0.717, 1.165) is 29.7 Å². The summed E-state index contributed by atoms with van der Waals surface area (Å²) in [6.45, 7) is 3.90. The third-order valence-electron chi connectivity index (χ3n) is 4.10. The first-order chi connectivity index (χ1) is 12.9. The average Bonchev–Trinajstić information content (AvgIpc) is 2.66. The van der Waals surface area contributed by atoms with Crippen LogP contribution in [0.15, 0.2) is 58.4 Å². The molecule has 0 saturated heterocycles. The Hall–Kier alpha value is -2.38. The molecular weight excluding hydrogens is 362 g/mol. The summed E-state index contributed by atoms with van der Waals surface area (Å²) in [4.78, 5) is 4.90. The maximum absolute atomic E-state index is 11.5. The summed E-state index contributed by atoms with van der Waals surface area (Å²) in [6, 6.07) is 14.6. The first kappa shape index (κ1) is 20.9. The zero-order valence-electron chi connectivity index (χ0n) is 15.8. The first-order valence-electron chi connectivity index (χ1n) is 8.93. The number of aliphatic hydroxyl groups excluding tert-OH is 1. The zero-order chi connectivity index (χ0) is 19.7. The van der Waals surface area contributed by atoms with Crippen LogP contribution in [0.4, 0.5) is 0 Å². The number of benzene rings is 2. The van der Waals surface area contributed by atoms with Crippen LogP contribution in [-0.2, 0) is 29.4 Å². The van der Waals surface area contributed by atoms with Crippen molar-refractivity contribution in [2.24, 2.45) is 4.99 Å². The number of guanidine groups is 1. The van der Waals surface area contributed by atoms with Gasteiger partial charge in [-0.05, 0) is 42.2 Å². The molecule has 146 valence electrons. The lowest BCUT2D eigenvalue weighted by atomic mass is 10.1. The lowest BCUT2D eigenvalue weighted by molar-refractivity contribution is 0.280. The van der Waals surface area contributed by atoms with E-state index in [1.165, 1.54) is 6.26 Å². The van der Waals surface area contributed by atoms with Crippen LogP contribution in [0.2, 0.25) is 0 Å². The van der Waals surface area contributed by atoms with Gasteiger partial charge < -0.3 is 15.7 Å². The van der Waals surface area contributed by atoms with Gasteiger partial charge in [0.15, 0.2) is 15.8 Å². The maximum atomic E-state index is 11.5. The molecular formula is C20H27N3O3S. The van der Waals surface area contributed by atoms with Gasteiger partial charge in [-0.15, -0.1) is 0 Å². The Labute approximate surface area is 161 Å². The molecule has 0 unspecified atom stereocenters. The number of rotatable bonds is 8. The van der Waals surface area contributed by atoms with Gasteiger partial charge in [-0.3, -0.25) is 0 Å². The van der Waals surface area contributed by atoms with Crippen molar-refractivity contribution >= 4 is 15.8 Å². The van der Waals surface area contributed by atoms with Crippen LogP contribution in [0.5, 0.6) is 0 Å². The standard InChI is InChI=1S/C20H27N3O3S/c1-3-21-20(23-14-17-6-4-5-7-18(17)15-24)22-13-12-16-8-10-19(11-9-16)27(2,25)26/h4-11,24H,3,12-15H2,1-2H3,(H2,21,22,23). The van der Waals surface area contributed by atoms with E-state index in [1.54, 1.807) is 12.1 Å². The van der Waals surface area contributed by atoms with Gasteiger partial charge >= 0.3 is 0 Å². The van der Waals surface area contributed by atoms with Gasteiger partial charge in [-0.2, -0.15) is 0 Å². The Bertz CT molecular complexity index is 862. The summed E-state index contributed by atoms with van der Waals surface area (Å²) in [5, 5.41) is 15.9.